The predicted octanol–water partition coefficient (Wildman–Crippen LogP) is 2.17. The van der Waals surface area contributed by atoms with Crippen molar-refractivity contribution in [1.29, 1.82) is 0 Å². The van der Waals surface area contributed by atoms with Gasteiger partial charge in [0.05, 0.1) is 0 Å². The molecule has 21 heavy (non-hydrogen) atoms. The summed E-state index contributed by atoms with van der Waals surface area (Å²) in [7, 11) is 2.26. The SMILES string of the molecule is CN(Cc1ccc2c(c1)OCCO2)C1CC2CCC(C1)N2. The number of piperidine rings is 1. The molecule has 2 unspecified atom stereocenters. The van der Waals surface area contributed by atoms with Crippen LogP contribution in [0.15, 0.2) is 18.2 Å². The maximum Gasteiger partial charge on any atom is 0.161 e. The van der Waals surface area contributed by atoms with Crippen LogP contribution in [0.1, 0.15) is 31.2 Å². The first kappa shape index (κ1) is 13.4. The number of rotatable bonds is 3. The Hall–Kier alpha value is -1.26. The third-order valence-electron chi connectivity index (χ3n) is 5.11. The van der Waals surface area contributed by atoms with E-state index >= 15 is 0 Å². The Morgan fingerprint density at radius 2 is 1.81 bits per heavy atom. The fourth-order valence-electron chi connectivity index (χ4n) is 3.99. The van der Waals surface area contributed by atoms with Gasteiger partial charge in [-0.1, -0.05) is 6.07 Å². The highest BCUT2D eigenvalue weighted by Gasteiger charge is 2.34. The standard InChI is InChI=1S/C17H24N2O2/c1-19(15-9-13-3-4-14(10-15)18-13)11-12-2-5-16-17(8-12)21-7-6-20-16/h2,5,8,13-15,18H,3-4,6-7,9-11H2,1H3. The van der Waals surface area contributed by atoms with E-state index in [-0.39, 0.29) is 0 Å². The van der Waals surface area contributed by atoms with Crippen molar-refractivity contribution in [2.24, 2.45) is 0 Å². The average Bonchev–Trinajstić information content (AvgIpc) is 2.85. The van der Waals surface area contributed by atoms with Crippen LogP contribution in [0.4, 0.5) is 0 Å². The van der Waals surface area contributed by atoms with E-state index in [0.29, 0.717) is 19.3 Å². The van der Waals surface area contributed by atoms with E-state index in [9.17, 15) is 0 Å². The molecule has 2 saturated heterocycles. The third kappa shape index (κ3) is 2.74. The molecule has 3 aliphatic heterocycles. The van der Waals surface area contributed by atoms with E-state index in [1.165, 1.54) is 31.2 Å². The first-order valence-electron chi connectivity index (χ1n) is 8.13. The lowest BCUT2D eigenvalue weighted by molar-refractivity contribution is 0.162. The molecular weight excluding hydrogens is 264 g/mol. The molecule has 0 radical (unpaired) electrons. The average molecular weight is 288 g/mol. The van der Waals surface area contributed by atoms with Crippen LogP contribution in [0.3, 0.4) is 0 Å². The second kappa shape index (κ2) is 5.50. The molecule has 4 nitrogen and oxygen atoms in total. The molecule has 3 heterocycles. The van der Waals surface area contributed by atoms with Crippen LogP contribution in [-0.2, 0) is 6.54 Å². The molecule has 1 N–H and O–H groups in total. The van der Waals surface area contributed by atoms with Crippen LogP contribution < -0.4 is 14.8 Å². The van der Waals surface area contributed by atoms with Crippen molar-refractivity contribution >= 4 is 0 Å². The molecule has 114 valence electrons. The first-order valence-corrected chi connectivity index (χ1v) is 8.13. The third-order valence-corrected chi connectivity index (χ3v) is 5.11. The van der Waals surface area contributed by atoms with Crippen molar-refractivity contribution < 1.29 is 9.47 Å². The van der Waals surface area contributed by atoms with Gasteiger partial charge < -0.3 is 14.8 Å². The van der Waals surface area contributed by atoms with Gasteiger partial charge in [0, 0.05) is 24.7 Å². The second-order valence-corrected chi connectivity index (χ2v) is 6.66. The molecule has 4 rings (SSSR count). The first-order chi connectivity index (χ1) is 10.3. The van der Waals surface area contributed by atoms with Gasteiger partial charge in [-0.25, -0.2) is 0 Å². The summed E-state index contributed by atoms with van der Waals surface area (Å²) >= 11 is 0. The fourth-order valence-corrected chi connectivity index (χ4v) is 3.99. The van der Waals surface area contributed by atoms with Gasteiger partial charge in [0.15, 0.2) is 11.5 Å². The van der Waals surface area contributed by atoms with Crippen molar-refractivity contribution in [3.05, 3.63) is 23.8 Å². The zero-order chi connectivity index (χ0) is 14.2. The molecule has 3 aliphatic rings. The lowest BCUT2D eigenvalue weighted by Gasteiger charge is -2.35. The minimum Gasteiger partial charge on any atom is -0.486 e. The molecule has 2 fully saturated rings. The second-order valence-electron chi connectivity index (χ2n) is 6.66. The Morgan fingerprint density at radius 3 is 2.57 bits per heavy atom. The maximum atomic E-state index is 5.68. The van der Waals surface area contributed by atoms with E-state index < -0.39 is 0 Å². The molecule has 0 aromatic heterocycles. The number of hydrogen-bond donors (Lipinski definition) is 1. The number of nitrogens with zero attached hydrogens (tertiary/aromatic N) is 1. The molecule has 0 spiro atoms. The largest absolute Gasteiger partial charge is 0.486 e. The van der Waals surface area contributed by atoms with Crippen molar-refractivity contribution in [1.82, 2.24) is 10.2 Å². The van der Waals surface area contributed by atoms with E-state index in [1.807, 2.05) is 6.07 Å². The highest BCUT2D eigenvalue weighted by molar-refractivity contribution is 5.43. The lowest BCUT2D eigenvalue weighted by Crippen LogP contribution is -2.46. The summed E-state index contributed by atoms with van der Waals surface area (Å²) in [6.45, 7) is 2.30. The van der Waals surface area contributed by atoms with Crippen molar-refractivity contribution in [2.75, 3.05) is 20.3 Å². The quantitative estimate of drug-likeness (QED) is 0.924. The summed E-state index contributed by atoms with van der Waals surface area (Å²) in [6, 6.07) is 8.55. The predicted molar refractivity (Wildman–Crippen MR) is 81.9 cm³/mol. The number of hydrogen-bond acceptors (Lipinski definition) is 4. The van der Waals surface area contributed by atoms with Gasteiger partial charge in [-0.05, 0) is 50.4 Å². The molecular formula is C17H24N2O2. The Balaban J connectivity index is 1.43. The highest BCUT2D eigenvalue weighted by Crippen LogP contribution is 2.33. The monoisotopic (exact) mass is 288 g/mol. The van der Waals surface area contributed by atoms with Gasteiger partial charge in [0.1, 0.15) is 13.2 Å². The van der Waals surface area contributed by atoms with E-state index in [4.69, 9.17) is 9.47 Å². The van der Waals surface area contributed by atoms with Crippen molar-refractivity contribution in [2.45, 2.75) is 50.4 Å². The van der Waals surface area contributed by atoms with Crippen LogP contribution in [0.25, 0.3) is 0 Å². The summed E-state index contributed by atoms with van der Waals surface area (Å²) in [5.74, 6) is 1.78. The summed E-state index contributed by atoms with van der Waals surface area (Å²) in [6.07, 6.45) is 5.30. The van der Waals surface area contributed by atoms with E-state index in [0.717, 1.165) is 30.1 Å². The molecule has 0 saturated carbocycles. The number of ether oxygens (including phenoxy) is 2. The number of fused-ring (bicyclic) bond motifs is 3. The van der Waals surface area contributed by atoms with Crippen LogP contribution in [0.2, 0.25) is 0 Å². The van der Waals surface area contributed by atoms with Crippen molar-refractivity contribution in [3.63, 3.8) is 0 Å². The molecule has 0 aliphatic carbocycles. The van der Waals surface area contributed by atoms with Gasteiger partial charge in [0.2, 0.25) is 0 Å². The Kier molecular flexibility index (Phi) is 3.51. The molecule has 4 heteroatoms. The zero-order valence-electron chi connectivity index (χ0n) is 12.7. The van der Waals surface area contributed by atoms with Gasteiger partial charge in [-0.3, -0.25) is 4.90 Å². The zero-order valence-corrected chi connectivity index (χ0v) is 12.7. The molecule has 0 amide bonds. The lowest BCUT2D eigenvalue weighted by atomic mass is 9.98. The number of nitrogens with one attached hydrogen (secondary N) is 1. The Bertz CT molecular complexity index is 508. The van der Waals surface area contributed by atoms with Crippen LogP contribution in [-0.4, -0.2) is 43.3 Å². The summed E-state index contributed by atoms with van der Waals surface area (Å²) < 4.78 is 11.3. The summed E-state index contributed by atoms with van der Waals surface area (Å²) in [4.78, 5) is 2.51. The number of benzene rings is 1. The maximum absolute atomic E-state index is 5.68. The molecule has 1 aromatic rings. The van der Waals surface area contributed by atoms with E-state index in [2.05, 4.69) is 29.4 Å². The highest BCUT2D eigenvalue weighted by atomic mass is 16.6. The Morgan fingerprint density at radius 1 is 1.10 bits per heavy atom. The summed E-state index contributed by atoms with van der Waals surface area (Å²) in [5, 5.41) is 3.72. The minimum absolute atomic E-state index is 0.657. The van der Waals surface area contributed by atoms with E-state index in [1.54, 1.807) is 0 Å². The smallest absolute Gasteiger partial charge is 0.161 e. The fraction of sp³-hybridized carbons (Fsp3) is 0.647. The van der Waals surface area contributed by atoms with Crippen LogP contribution in [0, 0.1) is 0 Å². The molecule has 2 bridgehead atoms. The Labute approximate surface area is 126 Å². The van der Waals surface area contributed by atoms with Gasteiger partial charge in [-0.15, -0.1) is 0 Å². The topological polar surface area (TPSA) is 33.7 Å². The summed E-state index contributed by atoms with van der Waals surface area (Å²) in [5.41, 5.74) is 1.31. The van der Waals surface area contributed by atoms with Gasteiger partial charge in [0.25, 0.3) is 0 Å². The van der Waals surface area contributed by atoms with Crippen LogP contribution >= 0.6 is 0 Å². The normalized spacial score (nSPS) is 30.7. The van der Waals surface area contributed by atoms with Crippen LogP contribution in [0.5, 0.6) is 11.5 Å². The minimum atomic E-state index is 0.657. The molecule has 2 atom stereocenters. The molecule has 1 aromatic carbocycles. The van der Waals surface area contributed by atoms with Gasteiger partial charge in [-0.2, -0.15) is 0 Å². The van der Waals surface area contributed by atoms with Crippen molar-refractivity contribution in [3.8, 4) is 11.5 Å². The van der Waals surface area contributed by atoms with Gasteiger partial charge >= 0.3 is 0 Å².